The molecule has 0 N–H and O–H groups in total. The lowest BCUT2D eigenvalue weighted by molar-refractivity contribution is -0.168. The van der Waals surface area contributed by atoms with Crippen molar-refractivity contribution >= 4 is 24.7 Å². The molecule has 2 aromatic rings. The molecule has 0 radical (unpaired) electrons. The van der Waals surface area contributed by atoms with Crippen molar-refractivity contribution in [1.29, 1.82) is 0 Å². The average Bonchev–Trinajstić information content (AvgIpc) is 2.90. The second-order valence-electron chi connectivity index (χ2n) is 13.7. The fraction of sp³-hybridized carbons (Fsp3) is 0.528. The summed E-state index contributed by atoms with van der Waals surface area (Å²) in [6.45, 7) is 20.8. The van der Waals surface area contributed by atoms with Gasteiger partial charge in [-0.3, -0.25) is 4.79 Å². The number of allylic oxidation sites excluding steroid dienone is 2. The third-order valence-electron chi connectivity index (χ3n) is 8.43. The van der Waals surface area contributed by atoms with Crippen molar-refractivity contribution < 1.29 is 14.0 Å². The number of carbonyl (C=O) groups is 1. The lowest BCUT2D eigenvalue weighted by Gasteiger charge is -2.46. The standard InChI is InChI=1S/C36H52O3Si/c1-9-25-36(26-10-2,33(37)38-34(3,4)5)27-24-29-18-17-19-30(28-29)39-40(35(6,7)8,31-20-13-11-14-21-31)32-22-15-12-16-23-32/h9-16,20-23,29-30H,1-2,17-19,24-28H2,3-8H3. The molecule has 0 saturated heterocycles. The minimum atomic E-state index is -2.60. The highest BCUT2D eigenvalue weighted by Crippen LogP contribution is 2.43. The van der Waals surface area contributed by atoms with Gasteiger partial charge in [-0.2, -0.15) is 0 Å². The SMILES string of the molecule is C=CCC(CC=C)(CCC1CCCC(O[Si](c2ccccc2)(c2ccccc2)C(C)(C)C)C1)C(=O)OC(C)(C)C. The van der Waals surface area contributed by atoms with E-state index in [-0.39, 0.29) is 17.1 Å². The number of esters is 1. The Balaban J connectivity index is 1.87. The normalized spacial score (nSPS) is 18.6. The van der Waals surface area contributed by atoms with Gasteiger partial charge in [0, 0.05) is 6.10 Å². The van der Waals surface area contributed by atoms with Crippen molar-refractivity contribution in [1.82, 2.24) is 0 Å². The lowest BCUT2D eigenvalue weighted by atomic mass is 9.73. The van der Waals surface area contributed by atoms with Crippen molar-refractivity contribution in [3.05, 3.63) is 86.0 Å². The number of hydrogen-bond acceptors (Lipinski definition) is 3. The van der Waals surface area contributed by atoms with Crippen LogP contribution in [-0.4, -0.2) is 26.0 Å². The second kappa shape index (κ2) is 13.5. The van der Waals surface area contributed by atoms with Crippen LogP contribution in [0.25, 0.3) is 0 Å². The molecule has 3 nitrogen and oxygen atoms in total. The van der Waals surface area contributed by atoms with Crippen LogP contribution in [0.1, 0.15) is 92.9 Å². The van der Waals surface area contributed by atoms with Crippen LogP contribution in [0, 0.1) is 11.3 Å². The molecule has 2 aromatic carbocycles. The molecule has 0 heterocycles. The van der Waals surface area contributed by atoms with Crippen LogP contribution >= 0.6 is 0 Å². The van der Waals surface area contributed by atoms with Gasteiger partial charge in [0.25, 0.3) is 8.32 Å². The van der Waals surface area contributed by atoms with Gasteiger partial charge in [0.2, 0.25) is 0 Å². The predicted molar refractivity (Wildman–Crippen MR) is 172 cm³/mol. The zero-order valence-corrected chi connectivity index (χ0v) is 26.9. The summed E-state index contributed by atoms with van der Waals surface area (Å²) in [5.74, 6) is 0.379. The molecule has 0 bridgehead atoms. The van der Waals surface area contributed by atoms with Crippen molar-refractivity contribution in [3.63, 3.8) is 0 Å². The summed E-state index contributed by atoms with van der Waals surface area (Å²) in [5, 5.41) is 2.62. The highest BCUT2D eigenvalue weighted by molar-refractivity contribution is 6.99. The average molecular weight is 561 g/mol. The van der Waals surface area contributed by atoms with E-state index >= 15 is 0 Å². The molecule has 1 aliphatic rings. The van der Waals surface area contributed by atoms with Crippen LogP contribution in [-0.2, 0) is 14.0 Å². The third kappa shape index (κ3) is 7.64. The first-order valence-electron chi connectivity index (χ1n) is 15.1. The Morgan fingerprint density at radius 3 is 1.85 bits per heavy atom. The Morgan fingerprint density at radius 1 is 0.875 bits per heavy atom. The van der Waals surface area contributed by atoms with E-state index in [4.69, 9.17) is 9.16 Å². The van der Waals surface area contributed by atoms with Crippen LogP contribution in [0.3, 0.4) is 0 Å². The predicted octanol–water partition coefficient (Wildman–Crippen LogP) is 8.38. The largest absolute Gasteiger partial charge is 0.460 e. The molecule has 1 fully saturated rings. The van der Waals surface area contributed by atoms with E-state index in [2.05, 4.69) is 94.6 Å². The Morgan fingerprint density at radius 2 is 1.40 bits per heavy atom. The number of rotatable bonds is 12. The van der Waals surface area contributed by atoms with E-state index in [0.717, 1.165) is 32.1 Å². The topological polar surface area (TPSA) is 35.5 Å². The summed E-state index contributed by atoms with van der Waals surface area (Å²) in [4.78, 5) is 13.5. The summed E-state index contributed by atoms with van der Waals surface area (Å²) in [6, 6.07) is 21.8. The van der Waals surface area contributed by atoms with Gasteiger partial charge in [-0.1, -0.05) is 106 Å². The molecule has 218 valence electrons. The second-order valence-corrected chi connectivity index (χ2v) is 18.0. The zero-order valence-electron chi connectivity index (χ0n) is 25.9. The maximum absolute atomic E-state index is 13.5. The van der Waals surface area contributed by atoms with Gasteiger partial charge in [-0.05, 0) is 80.6 Å². The van der Waals surface area contributed by atoms with E-state index in [1.165, 1.54) is 16.8 Å². The molecule has 2 atom stereocenters. The highest BCUT2D eigenvalue weighted by Gasteiger charge is 2.51. The molecule has 0 aromatic heterocycles. The summed E-state index contributed by atoms with van der Waals surface area (Å²) in [7, 11) is -2.60. The Kier molecular flexibility index (Phi) is 10.8. The van der Waals surface area contributed by atoms with E-state index < -0.39 is 19.3 Å². The summed E-state index contributed by atoms with van der Waals surface area (Å²) in [6.07, 6.45) is 11.3. The zero-order chi connectivity index (χ0) is 29.4. The number of carbonyl (C=O) groups excluding carboxylic acids is 1. The van der Waals surface area contributed by atoms with Gasteiger partial charge in [0.15, 0.2) is 0 Å². The molecule has 40 heavy (non-hydrogen) atoms. The lowest BCUT2D eigenvalue weighted by Crippen LogP contribution is -2.67. The van der Waals surface area contributed by atoms with Gasteiger partial charge >= 0.3 is 5.97 Å². The molecule has 2 unspecified atom stereocenters. The van der Waals surface area contributed by atoms with Crippen LogP contribution < -0.4 is 10.4 Å². The number of hydrogen-bond donors (Lipinski definition) is 0. The first-order valence-corrected chi connectivity index (χ1v) is 17.0. The van der Waals surface area contributed by atoms with E-state index in [0.29, 0.717) is 18.8 Å². The highest BCUT2D eigenvalue weighted by atomic mass is 28.4. The number of ether oxygens (including phenoxy) is 1. The van der Waals surface area contributed by atoms with Crippen LogP contribution in [0.2, 0.25) is 5.04 Å². The maximum Gasteiger partial charge on any atom is 0.313 e. The summed E-state index contributed by atoms with van der Waals surface area (Å²) < 4.78 is 13.4. The summed E-state index contributed by atoms with van der Waals surface area (Å²) >= 11 is 0. The van der Waals surface area contributed by atoms with Crippen LogP contribution in [0.15, 0.2) is 86.0 Å². The van der Waals surface area contributed by atoms with Crippen LogP contribution in [0.4, 0.5) is 0 Å². The minimum Gasteiger partial charge on any atom is -0.460 e. The smallest absolute Gasteiger partial charge is 0.313 e. The fourth-order valence-electron chi connectivity index (χ4n) is 6.53. The quantitative estimate of drug-likeness (QED) is 0.149. The van der Waals surface area contributed by atoms with Crippen molar-refractivity contribution in [3.8, 4) is 0 Å². The molecule has 0 amide bonds. The fourth-order valence-corrected chi connectivity index (χ4v) is 11.3. The Labute approximate surface area is 245 Å². The molecular weight excluding hydrogens is 508 g/mol. The van der Waals surface area contributed by atoms with E-state index in [1.807, 2.05) is 32.9 Å². The van der Waals surface area contributed by atoms with Gasteiger partial charge in [-0.15, -0.1) is 13.2 Å². The summed E-state index contributed by atoms with van der Waals surface area (Å²) in [5.41, 5.74) is -1.13. The minimum absolute atomic E-state index is 0.0392. The van der Waals surface area contributed by atoms with E-state index in [1.54, 1.807) is 0 Å². The van der Waals surface area contributed by atoms with Gasteiger partial charge in [-0.25, -0.2) is 0 Å². The van der Waals surface area contributed by atoms with Crippen LogP contribution in [0.5, 0.6) is 0 Å². The number of benzene rings is 2. The Bertz CT molecular complexity index is 1040. The molecule has 0 aliphatic heterocycles. The molecule has 1 aliphatic carbocycles. The first-order chi connectivity index (χ1) is 18.9. The first kappa shape index (κ1) is 32.1. The Hall–Kier alpha value is -2.43. The third-order valence-corrected chi connectivity index (χ3v) is 13.5. The van der Waals surface area contributed by atoms with Gasteiger partial charge in [0.1, 0.15) is 5.60 Å². The van der Waals surface area contributed by atoms with E-state index in [9.17, 15) is 4.79 Å². The monoisotopic (exact) mass is 560 g/mol. The molecule has 0 spiro atoms. The van der Waals surface area contributed by atoms with Crippen molar-refractivity contribution in [2.24, 2.45) is 11.3 Å². The molecule has 3 rings (SSSR count). The molecular formula is C36H52O3Si. The molecule has 4 heteroatoms. The molecule has 1 saturated carbocycles. The maximum atomic E-state index is 13.5. The van der Waals surface area contributed by atoms with Crippen molar-refractivity contribution in [2.75, 3.05) is 0 Å². The van der Waals surface area contributed by atoms with Crippen molar-refractivity contribution in [2.45, 2.75) is 110 Å². The van der Waals surface area contributed by atoms with Gasteiger partial charge < -0.3 is 9.16 Å². The van der Waals surface area contributed by atoms with Gasteiger partial charge in [0.05, 0.1) is 5.41 Å².